The highest BCUT2D eigenvalue weighted by Gasteiger charge is 2.28. The summed E-state index contributed by atoms with van der Waals surface area (Å²) in [5.41, 5.74) is -0.127. The summed E-state index contributed by atoms with van der Waals surface area (Å²) in [4.78, 5) is 38.0. The van der Waals surface area contributed by atoms with Gasteiger partial charge in [-0.2, -0.15) is 0 Å². The molecule has 0 aliphatic carbocycles. The minimum atomic E-state index is -1.16. The van der Waals surface area contributed by atoms with Crippen LogP contribution in [0.3, 0.4) is 0 Å². The molecule has 1 unspecified atom stereocenters. The van der Waals surface area contributed by atoms with E-state index in [1.54, 1.807) is 0 Å². The third-order valence-electron chi connectivity index (χ3n) is 4.38. The van der Waals surface area contributed by atoms with Crippen molar-refractivity contribution in [3.05, 3.63) is 34.4 Å². The van der Waals surface area contributed by atoms with Crippen LogP contribution in [0, 0.1) is 11.6 Å². The number of amides is 2. The van der Waals surface area contributed by atoms with Gasteiger partial charge >= 0.3 is 5.97 Å². The minimum absolute atomic E-state index is 0.127. The second-order valence-corrected chi connectivity index (χ2v) is 6.57. The van der Waals surface area contributed by atoms with Gasteiger partial charge in [0, 0.05) is 26.1 Å². The van der Waals surface area contributed by atoms with E-state index in [0.717, 1.165) is 12.1 Å². The number of carbonyl (C=O) groups is 3. The van der Waals surface area contributed by atoms with Crippen LogP contribution in [-0.4, -0.2) is 58.4 Å². The molecule has 1 N–H and O–H groups in total. The Hall–Kier alpha value is -2.22. The number of carboxylic acid groups (broad SMARTS) is 1. The van der Waals surface area contributed by atoms with Crippen molar-refractivity contribution >= 4 is 29.4 Å². The molecule has 1 aromatic carbocycles. The molecule has 0 spiro atoms. The van der Waals surface area contributed by atoms with E-state index in [0.29, 0.717) is 25.8 Å². The maximum absolute atomic E-state index is 13.4. The Bertz CT molecular complexity index is 729. The summed E-state index contributed by atoms with van der Waals surface area (Å²) >= 11 is 5.86. The van der Waals surface area contributed by atoms with Crippen LogP contribution in [0.25, 0.3) is 0 Å². The summed E-state index contributed by atoms with van der Waals surface area (Å²) in [5, 5.41) is 8.79. The highest BCUT2D eigenvalue weighted by molar-refractivity contribution is 6.33. The second kappa shape index (κ2) is 8.44. The normalized spacial score (nSPS) is 17.5. The Morgan fingerprint density at radius 1 is 1.23 bits per heavy atom. The fraction of sp³-hybridized carbons (Fsp3) is 0.471. The first kappa shape index (κ1) is 20.1. The van der Waals surface area contributed by atoms with Crippen LogP contribution in [-0.2, 0) is 9.59 Å². The molecule has 9 heteroatoms. The zero-order valence-electron chi connectivity index (χ0n) is 14.2. The predicted molar refractivity (Wildman–Crippen MR) is 89.9 cm³/mol. The van der Waals surface area contributed by atoms with Gasteiger partial charge in [-0.05, 0) is 31.4 Å². The number of carboxylic acids is 1. The van der Waals surface area contributed by atoms with Gasteiger partial charge in [-0.1, -0.05) is 11.6 Å². The van der Waals surface area contributed by atoms with E-state index in [9.17, 15) is 23.2 Å². The first-order chi connectivity index (χ1) is 12.2. The quantitative estimate of drug-likeness (QED) is 0.804. The minimum Gasteiger partial charge on any atom is -0.480 e. The number of benzene rings is 1. The molecule has 1 aliphatic heterocycles. The first-order valence-corrected chi connectivity index (χ1v) is 8.51. The number of aliphatic carboxylic acids is 1. The van der Waals surface area contributed by atoms with E-state index in [-0.39, 0.29) is 29.1 Å². The lowest BCUT2D eigenvalue weighted by Gasteiger charge is -2.29. The predicted octanol–water partition coefficient (Wildman–Crippen LogP) is 2.55. The summed E-state index contributed by atoms with van der Waals surface area (Å²) in [6.07, 6.45) is 1.48. The zero-order chi connectivity index (χ0) is 19.4. The molecular weight excluding hydrogens is 370 g/mol. The number of carbonyl (C=O) groups excluding carboxylic acids is 2. The van der Waals surface area contributed by atoms with Gasteiger partial charge in [0.1, 0.15) is 6.54 Å². The molecule has 26 heavy (non-hydrogen) atoms. The van der Waals surface area contributed by atoms with Crippen LogP contribution < -0.4 is 0 Å². The third kappa shape index (κ3) is 4.69. The van der Waals surface area contributed by atoms with E-state index < -0.39 is 30.1 Å². The lowest BCUT2D eigenvalue weighted by molar-refractivity contribution is -0.145. The molecule has 1 aliphatic rings. The molecule has 1 fully saturated rings. The zero-order valence-corrected chi connectivity index (χ0v) is 14.9. The van der Waals surface area contributed by atoms with Crippen LogP contribution >= 0.6 is 11.6 Å². The van der Waals surface area contributed by atoms with Crippen molar-refractivity contribution in [1.29, 1.82) is 0 Å². The van der Waals surface area contributed by atoms with Crippen LogP contribution in [0.5, 0.6) is 0 Å². The van der Waals surface area contributed by atoms with E-state index in [1.807, 2.05) is 0 Å². The summed E-state index contributed by atoms with van der Waals surface area (Å²) in [7, 11) is 0. The van der Waals surface area contributed by atoms with E-state index in [1.165, 1.54) is 16.7 Å². The van der Waals surface area contributed by atoms with E-state index >= 15 is 0 Å². The first-order valence-electron chi connectivity index (χ1n) is 8.13. The van der Waals surface area contributed by atoms with Gasteiger partial charge in [0.25, 0.3) is 5.91 Å². The molecule has 6 nitrogen and oxygen atoms in total. The Kier molecular flexibility index (Phi) is 6.52. The van der Waals surface area contributed by atoms with E-state index in [4.69, 9.17) is 16.7 Å². The van der Waals surface area contributed by atoms with E-state index in [2.05, 4.69) is 0 Å². The van der Waals surface area contributed by atoms with Crippen molar-refractivity contribution in [2.45, 2.75) is 32.2 Å². The summed E-state index contributed by atoms with van der Waals surface area (Å²) in [6, 6.07) is 1.23. The maximum atomic E-state index is 13.4. The number of halogens is 3. The van der Waals surface area contributed by atoms with Crippen LogP contribution in [0.15, 0.2) is 12.1 Å². The van der Waals surface area contributed by atoms with Crippen molar-refractivity contribution in [2.24, 2.45) is 0 Å². The average Bonchev–Trinajstić information content (AvgIpc) is 2.81. The Balaban J connectivity index is 2.12. The Morgan fingerprint density at radius 3 is 2.50 bits per heavy atom. The fourth-order valence-electron chi connectivity index (χ4n) is 3.09. The molecule has 1 saturated heterocycles. The lowest BCUT2D eigenvalue weighted by Crippen LogP contribution is -2.43. The van der Waals surface area contributed by atoms with Gasteiger partial charge in [-0.3, -0.25) is 14.4 Å². The lowest BCUT2D eigenvalue weighted by atomic mass is 10.1. The number of hydrogen-bond donors (Lipinski definition) is 1. The molecule has 0 aromatic heterocycles. The number of hydrogen-bond acceptors (Lipinski definition) is 3. The summed E-state index contributed by atoms with van der Waals surface area (Å²) < 4.78 is 26.6. The SMILES string of the molecule is CC(=O)N(CC(=O)O)C1CCCN(C(=O)c2cc(F)c(F)cc2Cl)CC1. The molecule has 0 radical (unpaired) electrons. The van der Waals surface area contributed by atoms with Gasteiger partial charge < -0.3 is 14.9 Å². The van der Waals surface area contributed by atoms with Gasteiger partial charge in [0.05, 0.1) is 10.6 Å². The molecule has 1 aromatic rings. The van der Waals surface area contributed by atoms with Gasteiger partial charge in [0.2, 0.25) is 5.91 Å². The van der Waals surface area contributed by atoms with Crippen molar-refractivity contribution in [3.8, 4) is 0 Å². The molecule has 1 heterocycles. The molecule has 0 saturated carbocycles. The van der Waals surface area contributed by atoms with Crippen molar-refractivity contribution in [2.75, 3.05) is 19.6 Å². The molecule has 2 amide bonds. The highest BCUT2D eigenvalue weighted by Crippen LogP contribution is 2.24. The molecule has 0 bridgehead atoms. The molecule has 142 valence electrons. The molecule has 1 atom stereocenters. The van der Waals surface area contributed by atoms with Crippen molar-refractivity contribution in [1.82, 2.24) is 9.80 Å². The second-order valence-electron chi connectivity index (χ2n) is 6.16. The molecular formula is C17H19ClF2N2O4. The van der Waals surface area contributed by atoms with Crippen LogP contribution in [0.2, 0.25) is 5.02 Å². The largest absolute Gasteiger partial charge is 0.480 e. The van der Waals surface area contributed by atoms with Crippen molar-refractivity contribution in [3.63, 3.8) is 0 Å². The van der Waals surface area contributed by atoms with Gasteiger partial charge in [-0.15, -0.1) is 0 Å². The standard InChI is InChI=1S/C17H19ClF2N2O4/c1-10(23)22(9-16(24)25)11-3-2-5-21(6-4-11)17(26)12-7-14(19)15(20)8-13(12)18/h7-8,11H,2-6,9H2,1H3,(H,24,25). The fourth-order valence-corrected chi connectivity index (χ4v) is 3.32. The van der Waals surface area contributed by atoms with Crippen LogP contribution in [0.1, 0.15) is 36.5 Å². The molecule has 2 rings (SSSR count). The average molecular weight is 389 g/mol. The number of nitrogens with zero attached hydrogens (tertiary/aromatic N) is 2. The topological polar surface area (TPSA) is 77.9 Å². The number of likely N-dealkylation sites (tertiary alicyclic amines) is 1. The van der Waals surface area contributed by atoms with Crippen molar-refractivity contribution < 1.29 is 28.3 Å². The van der Waals surface area contributed by atoms with Gasteiger partial charge in [-0.25, -0.2) is 8.78 Å². The maximum Gasteiger partial charge on any atom is 0.323 e. The van der Waals surface area contributed by atoms with Crippen LogP contribution in [0.4, 0.5) is 8.78 Å². The Morgan fingerprint density at radius 2 is 1.88 bits per heavy atom. The Labute approximate surface area is 154 Å². The number of rotatable bonds is 4. The third-order valence-corrected chi connectivity index (χ3v) is 4.69. The van der Waals surface area contributed by atoms with Gasteiger partial charge in [0.15, 0.2) is 11.6 Å². The smallest absolute Gasteiger partial charge is 0.323 e. The highest BCUT2D eigenvalue weighted by atomic mass is 35.5. The summed E-state index contributed by atoms with van der Waals surface area (Å²) in [5.74, 6) is -4.27. The summed E-state index contributed by atoms with van der Waals surface area (Å²) in [6.45, 7) is 1.51. The monoisotopic (exact) mass is 388 g/mol.